The number of nitrogens with one attached hydrogen (secondary N) is 2. The van der Waals surface area contributed by atoms with Crippen LogP contribution in [0.1, 0.15) is 49.6 Å². The molecule has 31 heavy (non-hydrogen) atoms. The number of piperidine rings is 1. The number of nitrogens with zero attached hydrogens (tertiary/aromatic N) is 5. The normalized spacial score (nSPS) is 24.2. The number of fused-ring (bicyclic) bond motifs is 3. The Balaban J connectivity index is 1.43. The fraction of sp³-hybridized carbons (Fsp3) is 0.478. The largest absolute Gasteiger partial charge is 0.386 e. The minimum Gasteiger partial charge on any atom is -0.386 e. The van der Waals surface area contributed by atoms with Crippen LogP contribution in [0.5, 0.6) is 0 Å². The van der Waals surface area contributed by atoms with Gasteiger partial charge in [-0.3, -0.25) is 15.0 Å². The molecule has 0 spiro atoms. The molecular formula is C23H27N7O. The number of aliphatic hydroxyl groups excluding tert-OH is 1. The second kappa shape index (κ2) is 8.25. The number of H-pyrrole nitrogens is 1. The van der Waals surface area contributed by atoms with E-state index in [9.17, 15) is 5.11 Å². The zero-order valence-electron chi connectivity index (χ0n) is 17.6. The Morgan fingerprint density at radius 2 is 2.10 bits per heavy atom. The van der Waals surface area contributed by atoms with E-state index in [1.54, 1.807) is 6.20 Å². The molecule has 3 aromatic heterocycles. The van der Waals surface area contributed by atoms with Crippen molar-refractivity contribution in [2.24, 2.45) is 5.92 Å². The first-order chi connectivity index (χ1) is 15.1. The Morgan fingerprint density at radius 3 is 2.81 bits per heavy atom. The van der Waals surface area contributed by atoms with Crippen molar-refractivity contribution >= 4 is 22.5 Å². The highest BCUT2D eigenvalue weighted by Crippen LogP contribution is 2.44. The minimum atomic E-state index is -0.657. The number of rotatable bonds is 6. The number of hydrogen-bond donors (Lipinski definition) is 3. The van der Waals surface area contributed by atoms with Crippen LogP contribution in [-0.4, -0.2) is 48.8 Å². The number of aromatic nitrogens is 4. The Kier molecular flexibility index (Phi) is 5.30. The molecule has 2 unspecified atom stereocenters. The zero-order chi connectivity index (χ0) is 21.4. The van der Waals surface area contributed by atoms with Gasteiger partial charge in [-0.25, -0.2) is 4.98 Å². The van der Waals surface area contributed by atoms with Crippen molar-refractivity contribution < 1.29 is 5.11 Å². The topological polar surface area (TPSA) is 114 Å². The van der Waals surface area contributed by atoms with E-state index in [1.165, 1.54) is 0 Å². The van der Waals surface area contributed by atoms with Crippen LogP contribution in [0.15, 0.2) is 30.5 Å². The second-order valence-corrected chi connectivity index (χ2v) is 8.73. The lowest BCUT2D eigenvalue weighted by Gasteiger charge is -2.40. The molecule has 0 saturated carbocycles. The number of nitriles is 1. The highest BCUT2D eigenvalue weighted by Gasteiger charge is 2.43. The molecule has 2 bridgehead atoms. The number of hydrogen-bond acceptors (Lipinski definition) is 7. The predicted molar refractivity (Wildman–Crippen MR) is 118 cm³/mol. The predicted octanol–water partition coefficient (Wildman–Crippen LogP) is 3.60. The molecule has 3 aromatic rings. The fourth-order valence-electron chi connectivity index (χ4n) is 5.35. The number of aliphatic hydroxyl groups is 1. The van der Waals surface area contributed by atoms with Gasteiger partial charge >= 0.3 is 0 Å². The van der Waals surface area contributed by atoms with Crippen molar-refractivity contribution in [3.8, 4) is 6.07 Å². The summed E-state index contributed by atoms with van der Waals surface area (Å²) in [4.78, 5) is 11.8. The van der Waals surface area contributed by atoms with Crippen molar-refractivity contribution in [1.29, 1.82) is 5.26 Å². The summed E-state index contributed by atoms with van der Waals surface area (Å²) in [5, 5.41) is 31.7. The maximum absolute atomic E-state index is 11.5. The lowest BCUT2D eigenvalue weighted by molar-refractivity contribution is 0.0243. The van der Waals surface area contributed by atoms with Crippen LogP contribution in [0.3, 0.4) is 0 Å². The van der Waals surface area contributed by atoms with Crippen LogP contribution in [0, 0.1) is 24.2 Å². The SMILES string of the molecule is Cc1cc(Nc2cc3ncccc3c(C(O)[C@@H]3CC4CC[C@@H](C3)N4CCC#N)n2)n[nH]1. The molecule has 8 heteroatoms. The quantitative estimate of drug-likeness (QED) is 0.561. The zero-order valence-corrected chi connectivity index (χ0v) is 17.6. The molecule has 3 N–H and O–H groups in total. The minimum absolute atomic E-state index is 0.148. The molecule has 0 aromatic carbocycles. The lowest BCUT2D eigenvalue weighted by atomic mass is 9.84. The summed E-state index contributed by atoms with van der Waals surface area (Å²) in [6.45, 7) is 2.78. The van der Waals surface area contributed by atoms with E-state index in [4.69, 9.17) is 10.2 Å². The van der Waals surface area contributed by atoms with E-state index in [0.717, 1.165) is 48.8 Å². The van der Waals surface area contributed by atoms with Crippen LogP contribution in [0.25, 0.3) is 10.9 Å². The molecule has 0 aliphatic carbocycles. The van der Waals surface area contributed by atoms with Gasteiger partial charge in [-0.15, -0.1) is 0 Å². The first-order valence-corrected chi connectivity index (χ1v) is 11.0. The van der Waals surface area contributed by atoms with Gasteiger partial charge in [-0.05, 0) is 50.7 Å². The van der Waals surface area contributed by atoms with Gasteiger partial charge in [0.2, 0.25) is 0 Å². The number of anilines is 2. The third kappa shape index (κ3) is 3.87. The smallest absolute Gasteiger partial charge is 0.153 e. The average molecular weight is 418 g/mol. The summed E-state index contributed by atoms with van der Waals surface area (Å²) in [6.07, 6.45) is 5.83. The molecule has 2 fully saturated rings. The number of aromatic amines is 1. The number of aryl methyl sites for hydroxylation is 1. The average Bonchev–Trinajstić information content (AvgIpc) is 3.28. The van der Waals surface area contributed by atoms with Crippen molar-refractivity contribution in [2.45, 2.75) is 57.2 Å². The molecule has 8 nitrogen and oxygen atoms in total. The second-order valence-electron chi connectivity index (χ2n) is 8.73. The first-order valence-electron chi connectivity index (χ1n) is 11.0. The summed E-state index contributed by atoms with van der Waals surface area (Å²) < 4.78 is 0. The van der Waals surface area contributed by atoms with Gasteiger partial charge < -0.3 is 10.4 Å². The third-order valence-electron chi connectivity index (χ3n) is 6.72. The number of pyridine rings is 2. The van der Waals surface area contributed by atoms with Crippen molar-refractivity contribution in [3.05, 3.63) is 41.9 Å². The van der Waals surface area contributed by atoms with Gasteiger partial charge in [-0.2, -0.15) is 10.4 Å². The Morgan fingerprint density at radius 1 is 1.29 bits per heavy atom. The van der Waals surface area contributed by atoms with E-state index in [1.807, 2.05) is 31.2 Å². The maximum Gasteiger partial charge on any atom is 0.153 e. The van der Waals surface area contributed by atoms with Gasteiger partial charge in [0, 0.05) is 54.5 Å². The Hall–Kier alpha value is -3.02. The van der Waals surface area contributed by atoms with E-state index in [0.29, 0.717) is 35.8 Å². The maximum atomic E-state index is 11.5. The Bertz CT molecular complexity index is 1110. The van der Waals surface area contributed by atoms with Crippen LogP contribution in [-0.2, 0) is 0 Å². The van der Waals surface area contributed by atoms with Gasteiger partial charge in [-0.1, -0.05) is 0 Å². The molecule has 5 heterocycles. The molecule has 4 atom stereocenters. The summed E-state index contributed by atoms with van der Waals surface area (Å²) in [7, 11) is 0. The molecule has 0 amide bonds. The highest BCUT2D eigenvalue weighted by atomic mass is 16.3. The van der Waals surface area contributed by atoms with Crippen LogP contribution in [0.4, 0.5) is 11.6 Å². The molecular weight excluding hydrogens is 390 g/mol. The van der Waals surface area contributed by atoms with Gasteiger partial charge in [0.05, 0.1) is 23.4 Å². The van der Waals surface area contributed by atoms with Crippen molar-refractivity contribution in [2.75, 3.05) is 11.9 Å². The Labute approximate surface area is 181 Å². The fourth-order valence-corrected chi connectivity index (χ4v) is 5.35. The first kappa shape index (κ1) is 19.9. The van der Waals surface area contributed by atoms with Crippen LogP contribution in [0.2, 0.25) is 0 Å². The van der Waals surface area contributed by atoms with E-state index >= 15 is 0 Å². The molecule has 5 rings (SSSR count). The van der Waals surface area contributed by atoms with Crippen LogP contribution < -0.4 is 5.32 Å². The molecule has 2 saturated heterocycles. The summed E-state index contributed by atoms with van der Waals surface area (Å²) >= 11 is 0. The third-order valence-corrected chi connectivity index (χ3v) is 6.72. The summed E-state index contributed by atoms with van der Waals surface area (Å²) in [6, 6.07) is 10.8. The van der Waals surface area contributed by atoms with Crippen LogP contribution >= 0.6 is 0 Å². The molecule has 2 aliphatic rings. The van der Waals surface area contributed by atoms with E-state index in [-0.39, 0.29) is 5.92 Å². The molecule has 160 valence electrons. The highest BCUT2D eigenvalue weighted by molar-refractivity contribution is 5.84. The molecule has 0 radical (unpaired) electrons. The summed E-state index contributed by atoms with van der Waals surface area (Å²) in [5.74, 6) is 1.46. The van der Waals surface area contributed by atoms with Gasteiger partial charge in [0.25, 0.3) is 0 Å². The molecule has 2 aliphatic heterocycles. The van der Waals surface area contributed by atoms with Crippen molar-refractivity contribution in [3.63, 3.8) is 0 Å². The van der Waals surface area contributed by atoms with Gasteiger partial charge in [0.1, 0.15) is 5.82 Å². The van der Waals surface area contributed by atoms with E-state index in [2.05, 4.69) is 31.5 Å². The lowest BCUT2D eigenvalue weighted by Crippen LogP contribution is -2.44. The standard InChI is InChI=1S/C23H27N7O/c1-14-10-21(29-28-14)26-20-13-19-18(4-2-8-25-19)22(27-20)23(31)15-11-16-5-6-17(12-15)30(16)9-3-7-24/h2,4,8,10,13,15-17,23,31H,3,5-6,9,11-12H2,1H3,(H2,26,27,28,29)/t15-,16-,17?,23?/m0/s1. The van der Waals surface area contributed by atoms with E-state index < -0.39 is 6.10 Å². The van der Waals surface area contributed by atoms with Gasteiger partial charge in [0.15, 0.2) is 5.82 Å². The van der Waals surface area contributed by atoms with Crippen molar-refractivity contribution in [1.82, 2.24) is 25.1 Å². The summed E-state index contributed by atoms with van der Waals surface area (Å²) in [5.41, 5.74) is 2.44. The monoisotopic (exact) mass is 417 g/mol.